The van der Waals surface area contributed by atoms with Crippen LogP contribution in [0.5, 0.6) is 0 Å². The molecule has 0 spiro atoms. The number of hydrogen-bond acceptors (Lipinski definition) is 4. The van der Waals surface area contributed by atoms with E-state index in [-0.39, 0.29) is 23.9 Å². The zero-order valence-corrected chi connectivity index (χ0v) is 13.8. The molecule has 1 fully saturated rings. The molecular weight excluding hydrogens is 304 g/mol. The third-order valence-electron chi connectivity index (χ3n) is 4.32. The first-order chi connectivity index (χ1) is 11.6. The molecule has 1 aliphatic rings. The van der Waals surface area contributed by atoms with Crippen LogP contribution >= 0.6 is 0 Å². The predicted molar refractivity (Wildman–Crippen MR) is 89.5 cm³/mol. The normalized spacial score (nSPS) is 20.8. The first-order valence-corrected chi connectivity index (χ1v) is 8.00. The maximum absolute atomic E-state index is 12.7. The van der Waals surface area contributed by atoms with Gasteiger partial charge < -0.3 is 9.80 Å². The maximum Gasteiger partial charge on any atom is 0.255 e. The summed E-state index contributed by atoms with van der Waals surface area (Å²) in [6.45, 7) is 4.93. The van der Waals surface area contributed by atoms with Gasteiger partial charge in [-0.15, -0.1) is 0 Å². The SMILES string of the molecule is CC1CN(C(=O)c2cccnc2)C(C)CN1C(=O)c1cccnc1. The van der Waals surface area contributed by atoms with Gasteiger partial charge in [0.1, 0.15) is 0 Å². The predicted octanol–water partition coefficient (Wildman–Crippen LogP) is 1.85. The standard InChI is InChI=1S/C18H20N4O2/c1-13-11-22(18(24)16-6-4-8-20-10-16)14(2)12-21(13)17(23)15-5-3-7-19-9-15/h3-10,13-14H,11-12H2,1-2H3. The Morgan fingerprint density at radius 1 is 0.875 bits per heavy atom. The van der Waals surface area contributed by atoms with Gasteiger partial charge >= 0.3 is 0 Å². The highest BCUT2D eigenvalue weighted by molar-refractivity contribution is 5.96. The molecule has 124 valence electrons. The molecular formula is C18H20N4O2. The van der Waals surface area contributed by atoms with E-state index in [9.17, 15) is 9.59 Å². The lowest BCUT2D eigenvalue weighted by atomic mass is 10.1. The Kier molecular flexibility index (Phi) is 4.55. The zero-order valence-electron chi connectivity index (χ0n) is 13.8. The molecule has 0 aromatic carbocycles. The van der Waals surface area contributed by atoms with Gasteiger partial charge in [0.25, 0.3) is 11.8 Å². The van der Waals surface area contributed by atoms with Crippen LogP contribution in [-0.4, -0.2) is 56.8 Å². The molecule has 3 rings (SSSR count). The summed E-state index contributed by atoms with van der Waals surface area (Å²) in [6.07, 6.45) is 6.44. The lowest BCUT2D eigenvalue weighted by Gasteiger charge is -2.44. The lowest BCUT2D eigenvalue weighted by molar-refractivity contribution is 0.0269. The minimum atomic E-state index is -0.0606. The molecule has 0 bridgehead atoms. The van der Waals surface area contributed by atoms with Crippen LogP contribution in [0.4, 0.5) is 0 Å². The molecule has 2 aromatic heterocycles. The van der Waals surface area contributed by atoms with Crippen LogP contribution in [0.25, 0.3) is 0 Å². The van der Waals surface area contributed by atoms with E-state index < -0.39 is 0 Å². The minimum absolute atomic E-state index is 0.0454. The number of carbonyl (C=O) groups is 2. The van der Waals surface area contributed by atoms with Crippen molar-refractivity contribution in [2.24, 2.45) is 0 Å². The van der Waals surface area contributed by atoms with Crippen LogP contribution in [0.3, 0.4) is 0 Å². The van der Waals surface area contributed by atoms with Gasteiger partial charge in [-0.1, -0.05) is 0 Å². The van der Waals surface area contributed by atoms with Gasteiger partial charge in [0.05, 0.1) is 11.1 Å². The molecule has 2 aromatic rings. The van der Waals surface area contributed by atoms with Crippen molar-refractivity contribution in [2.75, 3.05) is 13.1 Å². The highest BCUT2D eigenvalue weighted by Crippen LogP contribution is 2.20. The summed E-state index contributed by atoms with van der Waals surface area (Å²) < 4.78 is 0. The fraction of sp³-hybridized carbons (Fsp3) is 0.333. The van der Waals surface area contributed by atoms with Crippen molar-refractivity contribution in [3.05, 3.63) is 60.2 Å². The lowest BCUT2D eigenvalue weighted by Crippen LogP contribution is -2.59. The summed E-state index contributed by atoms with van der Waals surface area (Å²) in [6, 6.07) is 6.91. The fourth-order valence-electron chi connectivity index (χ4n) is 3.00. The summed E-state index contributed by atoms with van der Waals surface area (Å²) >= 11 is 0. The number of piperazine rings is 1. The van der Waals surface area contributed by atoms with E-state index in [0.29, 0.717) is 24.2 Å². The fourth-order valence-corrected chi connectivity index (χ4v) is 3.00. The van der Waals surface area contributed by atoms with E-state index >= 15 is 0 Å². The molecule has 24 heavy (non-hydrogen) atoms. The van der Waals surface area contributed by atoms with Crippen molar-refractivity contribution in [3.63, 3.8) is 0 Å². The smallest absolute Gasteiger partial charge is 0.255 e. The van der Waals surface area contributed by atoms with Gasteiger partial charge in [-0.3, -0.25) is 19.6 Å². The number of aromatic nitrogens is 2. The monoisotopic (exact) mass is 324 g/mol. The summed E-state index contributed by atoms with van der Waals surface area (Å²) in [4.78, 5) is 37.0. The Balaban J connectivity index is 1.75. The van der Waals surface area contributed by atoms with Crippen LogP contribution in [-0.2, 0) is 0 Å². The third-order valence-corrected chi connectivity index (χ3v) is 4.32. The zero-order chi connectivity index (χ0) is 17.1. The van der Waals surface area contributed by atoms with Gasteiger partial charge in [0, 0.05) is 50.0 Å². The number of rotatable bonds is 2. The molecule has 2 amide bonds. The van der Waals surface area contributed by atoms with Crippen molar-refractivity contribution in [1.29, 1.82) is 0 Å². The summed E-state index contributed by atoms with van der Waals surface area (Å²) in [5.74, 6) is -0.0909. The van der Waals surface area contributed by atoms with Crippen LogP contribution < -0.4 is 0 Å². The highest BCUT2D eigenvalue weighted by Gasteiger charge is 2.35. The summed E-state index contributed by atoms with van der Waals surface area (Å²) in [5.41, 5.74) is 1.15. The average molecular weight is 324 g/mol. The molecule has 0 N–H and O–H groups in total. The summed E-state index contributed by atoms with van der Waals surface area (Å²) in [5, 5.41) is 0. The van der Waals surface area contributed by atoms with Crippen LogP contribution in [0, 0.1) is 0 Å². The number of hydrogen-bond donors (Lipinski definition) is 0. The number of carbonyl (C=O) groups excluding carboxylic acids is 2. The molecule has 6 heteroatoms. The Labute approximate surface area is 141 Å². The molecule has 2 unspecified atom stereocenters. The Morgan fingerprint density at radius 2 is 1.29 bits per heavy atom. The molecule has 2 atom stereocenters. The Hall–Kier alpha value is -2.76. The topological polar surface area (TPSA) is 66.4 Å². The van der Waals surface area contributed by atoms with E-state index in [4.69, 9.17) is 0 Å². The minimum Gasteiger partial charge on any atom is -0.332 e. The molecule has 1 aliphatic heterocycles. The maximum atomic E-state index is 12.7. The second kappa shape index (κ2) is 6.78. The van der Waals surface area contributed by atoms with Crippen molar-refractivity contribution in [2.45, 2.75) is 25.9 Å². The Bertz CT molecular complexity index is 657. The van der Waals surface area contributed by atoms with Crippen LogP contribution in [0.15, 0.2) is 49.1 Å². The van der Waals surface area contributed by atoms with Crippen molar-refractivity contribution < 1.29 is 9.59 Å². The van der Waals surface area contributed by atoms with E-state index in [2.05, 4.69) is 9.97 Å². The molecule has 0 radical (unpaired) electrons. The highest BCUT2D eigenvalue weighted by atomic mass is 16.2. The molecule has 6 nitrogen and oxygen atoms in total. The van der Waals surface area contributed by atoms with Crippen molar-refractivity contribution >= 4 is 11.8 Å². The first kappa shape index (κ1) is 16.1. The van der Waals surface area contributed by atoms with E-state index in [0.717, 1.165) is 0 Å². The number of nitrogens with zero attached hydrogens (tertiary/aromatic N) is 4. The van der Waals surface area contributed by atoms with Gasteiger partial charge in [-0.25, -0.2) is 0 Å². The quantitative estimate of drug-likeness (QED) is 0.845. The molecule has 0 saturated carbocycles. The molecule has 0 aliphatic carbocycles. The van der Waals surface area contributed by atoms with Gasteiger partial charge in [0.2, 0.25) is 0 Å². The van der Waals surface area contributed by atoms with E-state index in [1.165, 1.54) is 0 Å². The average Bonchev–Trinajstić information content (AvgIpc) is 2.63. The summed E-state index contributed by atoms with van der Waals surface area (Å²) in [7, 11) is 0. The first-order valence-electron chi connectivity index (χ1n) is 8.00. The number of amides is 2. The van der Waals surface area contributed by atoms with E-state index in [1.54, 1.807) is 49.1 Å². The number of pyridine rings is 2. The second-order valence-electron chi connectivity index (χ2n) is 6.10. The van der Waals surface area contributed by atoms with Crippen molar-refractivity contribution in [3.8, 4) is 0 Å². The molecule has 1 saturated heterocycles. The molecule has 3 heterocycles. The van der Waals surface area contributed by atoms with Gasteiger partial charge in [-0.05, 0) is 38.1 Å². The third kappa shape index (κ3) is 3.13. The van der Waals surface area contributed by atoms with Gasteiger partial charge in [0.15, 0.2) is 0 Å². The Morgan fingerprint density at radius 3 is 1.62 bits per heavy atom. The van der Waals surface area contributed by atoms with Crippen LogP contribution in [0.1, 0.15) is 34.6 Å². The van der Waals surface area contributed by atoms with E-state index in [1.807, 2.05) is 23.6 Å². The second-order valence-corrected chi connectivity index (χ2v) is 6.10. The van der Waals surface area contributed by atoms with Crippen molar-refractivity contribution in [1.82, 2.24) is 19.8 Å². The largest absolute Gasteiger partial charge is 0.332 e. The van der Waals surface area contributed by atoms with Crippen LogP contribution in [0.2, 0.25) is 0 Å². The van der Waals surface area contributed by atoms with Gasteiger partial charge in [-0.2, -0.15) is 0 Å².